The highest BCUT2D eigenvalue weighted by atomic mass is 32.1. The Balaban J connectivity index is 1.34. The Morgan fingerprint density at radius 3 is 2.00 bits per heavy atom. The van der Waals surface area contributed by atoms with E-state index < -0.39 is 0 Å². The lowest BCUT2D eigenvalue weighted by Crippen LogP contribution is -1.94. The Labute approximate surface area is 232 Å². The van der Waals surface area contributed by atoms with Gasteiger partial charge in [-0.15, -0.1) is 11.3 Å². The van der Waals surface area contributed by atoms with E-state index in [0.717, 1.165) is 32.9 Å². The van der Waals surface area contributed by atoms with Gasteiger partial charge in [-0.2, -0.15) is 0 Å². The molecule has 2 nitrogen and oxygen atoms in total. The molecule has 0 radical (unpaired) electrons. The zero-order valence-electron chi connectivity index (χ0n) is 21.8. The Morgan fingerprint density at radius 2 is 1.18 bits per heavy atom. The standard InChI is InChI=1S/C36H26N2S/c1-23-11-6-7-14-28(23)30-17-10-16-29(24(30)2)25-19-21-27(22-20-25)35-37-34(26-12-4-3-5-13-26)33-31-15-8-9-18-32(31)39-36(33)38-35/h3-22H,1-2H3. The first-order valence-electron chi connectivity index (χ1n) is 13.2. The van der Waals surface area contributed by atoms with Crippen LogP contribution >= 0.6 is 11.3 Å². The van der Waals surface area contributed by atoms with Gasteiger partial charge in [0.15, 0.2) is 5.82 Å². The van der Waals surface area contributed by atoms with E-state index in [9.17, 15) is 0 Å². The van der Waals surface area contributed by atoms with Crippen LogP contribution in [-0.2, 0) is 0 Å². The molecule has 0 aliphatic rings. The molecule has 0 N–H and O–H groups in total. The number of aryl methyl sites for hydroxylation is 1. The van der Waals surface area contributed by atoms with Gasteiger partial charge in [0.1, 0.15) is 4.83 Å². The molecule has 3 heteroatoms. The molecule has 186 valence electrons. The third-order valence-electron chi connectivity index (χ3n) is 7.51. The first-order valence-corrected chi connectivity index (χ1v) is 14.0. The van der Waals surface area contributed by atoms with Gasteiger partial charge in [-0.3, -0.25) is 0 Å². The van der Waals surface area contributed by atoms with Crippen molar-refractivity contribution in [3.8, 4) is 44.9 Å². The van der Waals surface area contributed by atoms with Crippen molar-refractivity contribution in [2.75, 3.05) is 0 Å². The number of nitrogens with zero attached hydrogens (tertiary/aromatic N) is 2. The maximum atomic E-state index is 5.14. The van der Waals surface area contributed by atoms with Gasteiger partial charge in [-0.1, -0.05) is 115 Å². The van der Waals surface area contributed by atoms with Gasteiger partial charge in [-0.05, 0) is 53.3 Å². The summed E-state index contributed by atoms with van der Waals surface area (Å²) in [7, 11) is 0. The van der Waals surface area contributed by atoms with Crippen LogP contribution in [0, 0.1) is 13.8 Å². The van der Waals surface area contributed by atoms with Crippen LogP contribution in [0.2, 0.25) is 0 Å². The third-order valence-corrected chi connectivity index (χ3v) is 8.57. The summed E-state index contributed by atoms with van der Waals surface area (Å²) in [5.74, 6) is 0.754. The third kappa shape index (κ3) is 4.12. The van der Waals surface area contributed by atoms with Gasteiger partial charge in [-0.25, -0.2) is 9.97 Å². The second-order valence-electron chi connectivity index (χ2n) is 9.91. The van der Waals surface area contributed by atoms with E-state index in [1.165, 1.54) is 43.5 Å². The molecule has 0 spiro atoms. The van der Waals surface area contributed by atoms with E-state index in [1.54, 1.807) is 11.3 Å². The molecule has 0 unspecified atom stereocenters. The Bertz CT molecular complexity index is 1970. The first kappa shape index (κ1) is 23.5. The van der Waals surface area contributed by atoms with Crippen molar-refractivity contribution >= 4 is 31.6 Å². The number of hydrogen-bond donors (Lipinski definition) is 0. The summed E-state index contributed by atoms with van der Waals surface area (Å²) in [6.07, 6.45) is 0. The lowest BCUT2D eigenvalue weighted by atomic mass is 9.91. The molecule has 7 aromatic rings. The van der Waals surface area contributed by atoms with E-state index in [-0.39, 0.29) is 0 Å². The summed E-state index contributed by atoms with van der Waals surface area (Å²) in [5.41, 5.74) is 10.7. The van der Waals surface area contributed by atoms with Crippen LogP contribution in [0.3, 0.4) is 0 Å². The quantitative estimate of drug-likeness (QED) is 0.232. The second-order valence-corrected chi connectivity index (χ2v) is 10.9. The van der Waals surface area contributed by atoms with E-state index in [4.69, 9.17) is 9.97 Å². The van der Waals surface area contributed by atoms with Crippen LogP contribution in [0.4, 0.5) is 0 Å². The largest absolute Gasteiger partial charge is 0.227 e. The fourth-order valence-electron chi connectivity index (χ4n) is 5.47. The van der Waals surface area contributed by atoms with Crippen LogP contribution in [-0.4, -0.2) is 9.97 Å². The maximum absolute atomic E-state index is 5.14. The fraction of sp³-hybridized carbons (Fsp3) is 0.0556. The number of hydrogen-bond acceptors (Lipinski definition) is 3. The van der Waals surface area contributed by atoms with Gasteiger partial charge in [0.2, 0.25) is 0 Å². The smallest absolute Gasteiger partial charge is 0.161 e. The molecular weight excluding hydrogens is 492 g/mol. The number of rotatable bonds is 4. The Hall–Kier alpha value is -4.60. The minimum Gasteiger partial charge on any atom is -0.227 e. The number of thiophene rings is 1. The molecule has 2 heterocycles. The molecule has 0 atom stereocenters. The molecule has 2 aromatic heterocycles. The van der Waals surface area contributed by atoms with Crippen molar-refractivity contribution in [2.24, 2.45) is 0 Å². The minimum absolute atomic E-state index is 0.754. The average molecular weight is 519 g/mol. The predicted molar refractivity (Wildman–Crippen MR) is 166 cm³/mol. The first-order chi connectivity index (χ1) is 19.2. The average Bonchev–Trinajstić information content (AvgIpc) is 3.36. The molecule has 7 rings (SSSR count). The minimum atomic E-state index is 0.754. The predicted octanol–water partition coefficient (Wildman–Crippen LogP) is 10.1. The number of benzene rings is 5. The molecule has 39 heavy (non-hydrogen) atoms. The van der Waals surface area contributed by atoms with Gasteiger partial charge >= 0.3 is 0 Å². The van der Waals surface area contributed by atoms with Gasteiger partial charge < -0.3 is 0 Å². The lowest BCUT2D eigenvalue weighted by Gasteiger charge is -2.14. The molecule has 0 fully saturated rings. The topological polar surface area (TPSA) is 25.8 Å². The lowest BCUT2D eigenvalue weighted by molar-refractivity contribution is 1.24. The van der Waals surface area contributed by atoms with Crippen molar-refractivity contribution in [1.29, 1.82) is 0 Å². The Kier molecular flexibility index (Phi) is 5.79. The second kappa shape index (κ2) is 9.61. The number of fused-ring (bicyclic) bond motifs is 3. The van der Waals surface area contributed by atoms with Crippen molar-refractivity contribution in [1.82, 2.24) is 9.97 Å². The molecule has 0 aliphatic carbocycles. The summed E-state index contributed by atoms with van der Waals surface area (Å²) >= 11 is 1.73. The maximum Gasteiger partial charge on any atom is 0.161 e. The zero-order chi connectivity index (χ0) is 26.3. The summed E-state index contributed by atoms with van der Waals surface area (Å²) in [5, 5.41) is 2.34. The van der Waals surface area contributed by atoms with E-state index in [2.05, 4.69) is 129 Å². The van der Waals surface area contributed by atoms with Crippen LogP contribution in [0.25, 0.3) is 65.2 Å². The molecule has 0 saturated heterocycles. The molecule has 5 aromatic carbocycles. The van der Waals surface area contributed by atoms with Crippen molar-refractivity contribution in [3.63, 3.8) is 0 Å². The molecule has 0 saturated carbocycles. The molecular formula is C36H26N2S. The summed E-state index contributed by atoms with van der Waals surface area (Å²) in [4.78, 5) is 11.2. The molecule has 0 amide bonds. The highest BCUT2D eigenvalue weighted by Gasteiger charge is 2.17. The molecule has 0 aliphatic heterocycles. The van der Waals surface area contributed by atoms with Crippen molar-refractivity contribution in [3.05, 3.63) is 132 Å². The van der Waals surface area contributed by atoms with Gasteiger partial charge in [0, 0.05) is 26.6 Å². The summed E-state index contributed by atoms with van der Waals surface area (Å²) in [6, 6.07) is 42.8. The monoisotopic (exact) mass is 518 g/mol. The van der Waals surface area contributed by atoms with Crippen LogP contribution < -0.4 is 0 Å². The highest BCUT2D eigenvalue weighted by Crippen LogP contribution is 2.40. The van der Waals surface area contributed by atoms with E-state index >= 15 is 0 Å². The molecule has 0 bridgehead atoms. The Morgan fingerprint density at radius 1 is 0.513 bits per heavy atom. The van der Waals surface area contributed by atoms with Gasteiger partial charge in [0.25, 0.3) is 0 Å². The SMILES string of the molecule is Cc1ccccc1-c1cccc(-c2ccc(-c3nc(-c4ccccc4)c4c(n3)sc3ccccc34)cc2)c1C. The van der Waals surface area contributed by atoms with Crippen LogP contribution in [0.1, 0.15) is 11.1 Å². The highest BCUT2D eigenvalue weighted by molar-refractivity contribution is 7.25. The number of aromatic nitrogens is 2. The summed E-state index contributed by atoms with van der Waals surface area (Å²) in [6.45, 7) is 4.39. The van der Waals surface area contributed by atoms with E-state index in [0.29, 0.717) is 0 Å². The summed E-state index contributed by atoms with van der Waals surface area (Å²) < 4.78 is 1.23. The van der Waals surface area contributed by atoms with Crippen LogP contribution in [0.5, 0.6) is 0 Å². The zero-order valence-corrected chi connectivity index (χ0v) is 22.7. The normalized spacial score (nSPS) is 11.3. The fourth-order valence-corrected chi connectivity index (χ4v) is 6.55. The van der Waals surface area contributed by atoms with Crippen molar-refractivity contribution in [2.45, 2.75) is 13.8 Å². The van der Waals surface area contributed by atoms with Crippen LogP contribution in [0.15, 0.2) is 121 Å². The van der Waals surface area contributed by atoms with Crippen molar-refractivity contribution < 1.29 is 0 Å². The van der Waals surface area contributed by atoms with E-state index in [1.807, 2.05) is 6.07 Å². The van der Waals surface area contributed by atoms with Gasteiger partial charge in [0.05, 0.1) is 5.69 Å².